The molecule has 0 heterocycles. The van der Waals surface area contributed by atoms with Crippen LogP contribution in [0.1, 0.15) is 6.92 Å². The van der Waals surface area contributed by atoms with Gasteiger partial charge in [-0.05, 0) is 6.08 Å². The average Bonchev–Trinajstić information content (AvgIpc) is 2.04. The van der Waals surface area contributed by atoms with Crippen LogP contribution in [0.3, 0.4) is 0 Å². The first kappa shape index (κ1) is 11.2. The zero-order chi connectivity index (χ0) is 10.4. The Kier molecular flexibility index (Phi) is 4.29. The number of likely N-dealkylation sites (N-methyl/N-ethyl adjacent to an activating group) is 1. The number of hydrogen-bond acceptors (Lipinski definition) is 4. The maximum atomic E-state index is 10.2. The van der Waals surface area contributed by atoms with Crippen LogP contribution < -0.4 is 11.1 Å². The predicted molar refractivity (Wildman–Crippen MR) is 51.2 cm³/mol. The second kappa shape index (κ2) is 4.97. The zero-order valence-electron chi connectivity index (χ0n) is 7.70. The first-order chi connectivity index (χ1) is 5.99. The fourth-order valence-corrected chi connectivity index (χ4v) is 0.616. The summed E-state index contributed by atoms with van der Waals surface area (Å²) in [4.78, 5) is 9.73. The van der Waals surface area contributed by atoms with Crippen molar-refractivity contribution < 1.29 is 4.92 Å². The molecule has 0 radical (unpaired) electrons. The third kappa shape index (κ3) is 3.95. The van der Waals surface area contributed by atoms with Crippen LogP contribution in [0, 0.1) is 10.1 Å². The van der Waals surface area contributed by atoms with E-state index in [1.807, 2.05) is 0 Å². The molecular weight excluding hydrogens is 170 g/mol. The van der Waals surface area contributed by atoms with E-state index in [4.69, 9.17) is 5.73 Å². The Morgan fingerprint density at radius 2 is 2.15 bits per heavy atom. The summed E-state index contributed by atoms with van der Waals surface area (Å²) in [6, 6.07) is 0. The van der Waals surface area contributed by atoms with Crippen molar-refractivity contribution in [2.75, 3.05) is 7.05 Å². The summed E-state index contributed by atoms with van der Waals surface area (Å²) < 4.78 is 0. The molecule has 5 heteroatoms. The van der Waals surface area contributed by atoms with E-state index in [1.165, 1.54) is 19.1 Å². The molecule has 0 unspecified atom stereocenters. The molecule has 0 bridgehead atoms. The molecule has 0 aliphatic heterocycles. The Balaban J connectivity index is 4.64. The van der Waals surface area contributed by atoms with Gasteiger partial charge in [0.1, 0.15) is 0 Å². The van der Waals surface area contributed by atoms with Crippen LogP contribution in [-0.4, -0.2) is 12.0 Å². The average molecular weight is 183 g/mol. The van der Waals surface area contributed by atoms with Crippen LogP contribution in [0.15, 0.2) is 35.8 Å². The maximum absolute atomic E-state index is 10.2. The van der Waals surface area contributed by atoms with Gasteiger partial charge in [-0.3, -0.25) is 10.1 Å². The van der Waals surface area contributed by atoms with Crippen molar-refractivity contribution >= 4 is 0 Å². The highest BCUT2D eigenvalue weighted by molar-refractivity contribution is 5.27. The molecule has 0 amide bonds. The molecule has 3 N–H and O–H groups in total. The molecule has 0 saturated carbocycles. The van der Waals surface area contributed by atoms with Gasteiger partial charge >= 0.3 is 0 Å². The van der Waals surface area contributed by atoms with E-state index in [-0.39, 0.29) is 5.70 Å². The van der Waals surface area contributed by atoms with Crippen LogP contribution in [-0.2, 0) is 0 Å². The fraction of sp³-hybridized carbons (Fsp3) is 0.250. The lowest BCUT2D eigenvalue weighted by molar-refractivity contribution is -0.424. The van der Waals surface area contributed by atoms with Crippen LogP contribution in [0.2, 0.25) is 0 Å². The van der Waals surface area contributed by atoms with Gasteiger partial charge in [0.15, 0.2) is 0 Å². The third-order valence-electron chi connectivity index (χ3n) is 1.39. The summed E-state index contributed by atoms with van der Waals surface area (Å²) in [6.45, 7) is 4.90. The van der Waals surface area contributed by atoms with Crippen molar-refractivity contribution in [2.45, 2.75) is 6.92 Å². The molecule has 5 nitrogen and oxygen atoms in total. The summed E-state index contributed by atoms with van der Waals surface area (Å²) in [5, 5.41) is 13.0. The molecule has 13 heavy (non-hydrogen) atoms. The summed E-state index contributed by atoms with van der Waals surface area (Å²) >= 11 is 0. The lowest BCUT2D eigenvalue weighted by Gasteiger charge is -2.02. The van der Waals surface area contributed by atoms with Gasteiger partial charge in [-0.1, -0.05) is 6.58 Å². The van der Waals surface area contributed by atoms with Gasteiger partial charge in [0.25, 0.3) is 0 Å². The Morgan fingerprint density at radius 1 is 1.62 bits per heavy atom. The van der Waals surface area contributed by atoms with Crippen molar-refractivity contribution in [1.82, 2.24) is 5.32 Å². The number of allylic oxidation sites excluding steroid dienone is 3. The van der Waals surface area contributed by atoms with Crippen molar-refractivity contribution in [2.24, 2.45) is 5.73 Å². The van der Waals surface area contributed by atoms with Gasteiger partial charge in [-0.25, -0.2) is 0 Å². The van der Waals surface area contributed by atoms with E-state index >= 15 is 0 Å². The van der Waals surface area contributed by atoms with Gasteiger partial charge in [0.2, 0.25) is 5.70 Å². The SMILES string of the molecule is C=C(N)/C(=C\C=C(/C)[N+](=O)[O-])NC. The van der Waals surface area contributed by atoms with Crippen LogP contribution in [0.4, 0.5) is 0 Å². The lowest BCUT2D eigenvalue weighted by Crippen LogP contribution is -2.12. The number of nitrogens with zero attached hydrogens (tertiary/aromatic N) is 1. The molecular formula is C8H13N3O2. The van der Waals surface area contributed by atoms with Crippen molar-refractivity contribution in [3.63, 3.8) is 0 Å². The largest absolute Gasteiger partial charge is 0.398 e. The fourth-order valence-electron chi connectivity index (χ4n) is 0.616. The van der Waals surface area contributed by atoms with E-state index in [9.17, 15) is 10.1 Å². The Bertz CT molecular complexity index is 279. The van der Waals surface area contributed by atoms with Crippen LogP contribution >= 0.6 is 0 Å². The van der Waals surface area contributed by atoms with E-state index in [0.717, 1.165) is 0 Å². The van der Waals surface area contributed by atoms with Gasteiger partial charge < -0.3 is 11.1 Å². The molecule has 0 rings (SSSR count). The minimum absolute atomic E-state index is 0.0500. The minimum Gasteiger partial charge on any atom is -0.398 e. The van der Waals surface area contributed by atoms with Crippen LogP contribution in [0.25, 0.3) is 0 Å². The molecule has 0 saturated heterocycles. The standard InChI is InChI=1S/C8H13N3O2/c1-6(11(12)13)4-5-8(10-3)7(2)9/h4-5,10H,2,9H2,1,3H3/b6-4+,8-5+. The Hall–Kier alpha value is -1.78. The zero-order valence-corrected chi connectivity index (χ0v) is 7.70. The summed E-state index contributed by atoms with van der Waals surface area (Å²) in [5.74, 6) is 0. The highest BCUT2D eigenvalue weighted by Crippen LogP contribution is 1.99. The monoisotopic (exact) mass is 183 g/mol. The maximum Gasteiger partial charge on any atom is 0.243 e. The number of hydrogen-bond donors (Lipinski definition) is 2. The number of nitrogens with two attached hydrogens (primary N) is 1. The summed E-state index contributed by atoms with van der Waals surface area (Å²) in [7, 11) is 1.67. The van der Waals surface area contributed by atoms with E-state index in [1.54, 1.807) is 7.05 Å². The second-order valence-electron chi connectivity index (χ2n) is 2.42. The predicted octanol–water partition coefficient (Wildman–Crippen LogP) is 0.743. The third-order valence-corrected chi connectivity index (χ3v) is 1.39. The normalized spacial score (nSPS) is 12.5. The van der Waals surface area contributed by atoms with Gasteiger partial charge in [-0.2, -0.15) is 0 Å². The molecule has 0 spiro atoms. The summed E-state index contributed by atoms with van der Waals surface area (Å²) in [5.41, 5.74) is 6.35. The molecule has 72 valence electrons. The Morgan fingerprint density at radius 3 is 2.46 bits per heavy atom. The van der Waals surface area contributed by atoms with Gasteiger partial charge in [0, 0.05) is 25.7 Å². The molecule has 0 aromatic carbocycles. The quantitative estimate of drug-likeness (QED) is 0.382. The second-order valence-corrected chi connectivity index (χ2v) is 2.42. The topological polar surface area (TPSA) is 81.2 Å². The molecule has 0 aromatic rings. The molecule has 0 atom stereocenters. The van der Waals surface area contributed by atoms with E-state index < -0.39 is 4.92 Å². The highest BCUT2D eigenvalue weighted by atomic mass is 16.6. The van der Waals surface area contributed by atoms with Gasteiger partial charge in [0.05, 0.1) is 10.6 Å². The van der Waals surface area contributed by atoms with Crippen molar-refractivity contribution in [3.05, 3.63) is 45.9 Å². The smallest absolute Gasteiger partial charge is 0.243 e. The van der Waals surface area contributed by atoms with Crippen molar-refractivity contribution in [3.8, 4) is 0 Å². The minimum atomic E-state index is -0.469. The number of nitro groups is 1. The molecule has 0 aromatic heterocycles. The van der Waals surface area contributed by atoms with Crippen molar-refractivity contribution in [1.29, 1.82) is 0 Å². The number of nitrogens with one attached hydrogen (secondary N) is 1. The molecule has 0 aliphatic rings. The van der Waals surface area contributed by atoms with E-state index in [0.29, 0.717) is 11.4 Å². The first-order valence-electron chi connectivity index (χ1n) is 3.64. The Labute approximate surface area is 76.8 Å². The van der Waals surface area contributed by atoms with Gasteiger partial charge in [-0.15, -0.1) is 0 Å². The highest BCUT2D eigenvalue weighted by Gasteiger charge is 1.99. The van der Waals surface area contributed by atoms with E-state index in [2.05, 4.69) is 11.9 Å². The van der Waals surface area contributed by atoms with Crippen LogP contribution in [0.5, 0.6) is 0 Å². The molecule has 0 aliphatic carbocycles. The molecule has 0 fully saturated rings. The summed E-state index contributed by atoms with van der Waals surface area (Å²) in [6.07, 6.45) is 2.88. The first-order valence-corrected chi connectivity index (χ1v) is 3.64. The number of rotatable bonds is 4. The lowest BCUT2D eigenvalue weighted by atomic mass is 10.3.